The Bertz CT molecular complexity index is 773. The fraction of sp³-hybridized carbons (Fsp3) is 0.0714. The first-order valence-electron chi connectivity index (χ1n) is 6.25. The van der Waals surface area contributed by atoms with Crippen LogP contribution in [0.1, 0.15) is 0 Å². The second-order valence-electron chi connectivity index (χ2n) is 4.29. The molecule has 8 heteroatoms. The predicted octanol–water partition coefficient (Wildman–Crippen LogP) is 1.68. The van der Waals surface area contributed by atoms with E-state index in [1.807, 2.05) is 5.43 Å². The summed E-state index contributed by atoms with van der Waals surface area (Å²) in [6.45, 7) is 0. The highest BCUT2D eigenvalue weighted by Crippen LogP contribution is 2.29. The van der Waals surface area contributed by atoms with E-state index in [4.69, 9.17) is 5.84 Å². The standard InChI is InChI=1S/C14H15N3O4S/c1-21-22(19,20)13-5-3-2-4-12(13)10-6-8-11(9-7-10)16-14(18)17-15/h2-9H,15H2,1H3,(H2,16,17,18). The Morgan fingerprint density at radius 3 is 2.32 bits per heavy atom. The minimum absolute atomic E-state index is 0.0814. The lowest BCUT2D eigenvalue weighted by Gasteiger charge is -2.10. The summed E-state index contributed by atoms with van der Waals surface area (Å²) >= 11 is 0. The molecule has 0 spiro atoms. The Hall–Kier alpha value is -2.42. The van der Waals surface area contributed by atoms with E-state index < -0.39 is 16.1 Å². The SMILES string of the molecule is COS(=O)(=O)c1ccccc1-c1ccc(NC(=O)NN)cc1. The van der Waals surface area contributed by atoms with Crippen molar-refractivity contribution < 1.29 is 17.4 Å². The number of hydrazine groups is 1. The molecule has 116 valence electrons. The zero-order chi connectivity index (χ0) is 16.2. The van der Waals surface area contributed by atoms with Crippen molar-refractivity contribution in [2.75, 3.05) is 12.4 Å². The van der Waals surface area contributed by atoms with Gasteiger partial charge in [0, 0.05) is 11.3 Å². The summed E-state index contributed by atoms with van der Waals surface area (Å²) in [4.78, 5) is 11.2. The van der Waals surface area contributed by atoms with Crippen molar-refractivity contribution in [3.8, 4) is 11.1 Å². The van der Waals surface area contributed by atoms with Crippen molar-refractivity contribution >= 4 is 21.8 Å². The van der Waals surface area contributed by atoms with Gasteiger partial charge in [-0.15, -0.1) is 0 Å². The van der Waals surface area contributed by atoms with Crippen LogP contribution in [0.5, 0.6) is 0 Å². The first-order chi connectivity index (χ1) is 10.5. The zero-order valence-electron chi connectivity index (χ0n) is 11.7. The van der Waals surface area contributed by atoms with Crippen LogP contribution in [0.2, 0.25) is 0 Å². The summed E-state index contributed by atoms with van der Waals surface area (Å²) in [7, 11) is -2.69. The maximum Gasteiger partial charge on any atom is 0.333 e. The number of anilines is 1. The van der Waals surface area contributed by atoms with Crippen LogP contribution in [0.4, 0.5) is 10.5 Å². The molecule has 4 N–H and O–H groups in total. The van der Waals surface area contributed by atoms with Crippen molar-refractivity contribution in [2.24, 2.45) is 5.84 Å². The molecule has 0 fully saturated rings. The molecular formula is C14H15N3O4S. The minimum atomic E-state index is -3.81. The average Bonchev–Trinajstić information content (AvgIpc) is 2.55. The van der Waals surface area contributed by atoms with Crippen molar-refractivity contribution in [2.45, 2.75) is 4.90 Å². The van der Waals surface area contributed by atoms with E-state index in [1.165, 1.54) is 6.07 Å². The first kappa shape index (κ1) is 16.0. The molecule has 0 saturated carbocycles. The number of carbonyl (C=O) groups is 1. The monoisotopic (exact) mass is 321 g/mol. The first-order valence-corrected chi connectivity index (χ1v) is 7.66. The molecule has 0 aromatic heterocycles. The van der Waals surface area contributed by atoms with Crippen LogP contribution < -0.4 is 16.6 Å². The van der Waals surface area contributed by atoms with Gasteiger partial charge in [0.1, 0.15) is 4.90 Å². The largest absolute Gasteiger partial charge is 0.333 e. The molecule has 0 aliphatic carbocycles. The molecule has 2 aromatic rings. The summed E-state index contributed by atoms with van der Waals surface area (Å²) < 4.78 is 28.5. The highest BCUT2D eigenvalue weighted by Gasteiger charge is 2.18. The van der Waals surface area contributed by atoms with Crippen molar-refractivity contribution in [1.29, 1.82) is 0 Å². The van der Waals surface area contributed by atoms with E-state index in [1.54, 1.807) is 42.5 Å². The average molecular weight is 321 g/mol. The maximum absolute atomic E-state index is 11.9. The van der Waals surface area contributed by atoms with Crippen LogP contribution in [0.25, 0.3) is 11.1 Å². The van der Waals surface area contributed by atoms with Crippen molar-refractivity contribution in [3.63, 3.8) is 0 Å². The van der Waals surface area contributed by atoms with Gasteiger partial charge in [-0.2, -0.15) is 8.42 Å². The van der Waals surface area contributed by atoms with Crippen LogP contribution in [0, 0.1) is 0 Å². The Labute approximate surface area is 128 Å². The summed E-state index contributed by atoms with van der Waals surface area (Å²) in [6, 6.07) is 12.6. The molecular weight excluding hydrogens is 306 g/mol. The second-order valence-corrected chi connectivity index (χ2v) is 5.97. The third-order valence-electron chi connectivity index (χ3n) is 2.96. The number of hydrogen-bond donors (Lipinski definition) is 3. The number of benzene rings is 2. The van der Waals surface area contributed by atoms with Gasteiger partial charge in [-0.3, -0.25) is 9.61 Å². The highest BCUT2D eigenvalue weighted by molar-refractivity contribution is 7.86. The van der Waals surface area contributed by atoms with Gasteiger partial charge < -0.3 is 5.32 Å². The fourth-order valence-electron chi connectivity index (χ4n) is 1.91. The topological polar surface area (TPSA) is 111 Å². The van der Waals surface area contributed by atoms with Crippen molar-refractivity contribution in [3.05, 3.63) is 48.5 Å². The number of urea groups is 1. The van der Waals surface area contributed by atoms with E-state index >= 15 is 0 Å². The van der Waals surface area contributed by atoms with E-state index in [9.17, 15) is 13.2 Å². The fourth-order valence-corrected chi connectivity index (χ4v) is 2.79. The molecule has 0 heterocycles. The Kier molecular flexibility index (Phi) is 4.76. The normalized spacial score (nSPS) is 11.0. The number of nitrogens with one attached hydrogen (secondary N) is 2. The van der Waals surface area contributed by atoms with E-state index in [2.05, 4.69) is 9.50 Å². The third kappa shape index (κ3) is 3.42. The van der Waals surface area contributed by atoms with Crippen LogP contribution in [-0.2, 0) is 14.3 Å². The number of rotatable bonds is 4. The second kappa shape index (κ2) is 6.56. The van der Waals surface area contributed by atoms with Gasteiger partial charge in [0.25, 0.3) is 10.1 Å². The van der Waals surface area contributed by atoms with Gasteiger partial charge in [-0.1, -0.05) is 30.3 Å². The molecule has 2 aromatic carbocycles. The van der Waals surface area contributed by atoms with Gasteiger partial charge in [-0.25, -0.2) is 10.6 Å². The lowest BCUT2D eigenvalue weighted by molar-refractivity contribution is 0.252. The highest BCUT2D eigenvalue weighted by atomic mass is 32.2. The summed E-state index contributed by atoms with van der Waals surface area (Å²) in [5, 5.41) is 2.51. The molecule has 22 heavy (non-hydrogen) atoms. The Morgan fingerprint density at radius 2 is 1.73 bits per heavy atom. The molecule has 0 aliphatic heterocycles. The quantitative estimate of drug-likeness (QED) is 0.343. The van der Waals surface area contributed by atoms with Gasteiger partial charge in [0.2, 0.25) is 0 Å². The molecule has 7 nitrogen and oxygen atoms in total. The number of hydrogen-bond acceptors (Lipinski definition) is 5. The molecule has 2 rings (SSSR count). The summed E-state index contributed by atoms with van der Waals surface area (Å²) in [5.41, 5.74) is 3.67. The molecule has 0 saturated heterocycles. The van der Waals surface area contributed by atoms with E-state index in [0.29, 0.717) is 16.8 Å². The van der Waals surface area contributed by atoms with E-state index in [-0.39, 0.29) is 4.90 Å². The Balaban J connectivity index is 2.39. The van der Waals surface area contributed by atoms with Crippen LogP contribution in [-0.4, -0.2) is 21.6 Å². The lowest BCUT2D eigenvalue weighted by Crippen LogP contribution is -2.34. The number of carbonyl (C=O) groups excluding carboxylic acids is 1. The van der Waals surface area contributed by atoms with Crippen LogP contribution in [0.3, 0.4) is 0 Å². The molecule has 0 atom stereocenters. The smallest absolute Gasteiger partial charge is 0.307 e. The molecule has 0 radical (unpaired) electrons. The van der Waals surface area contributed by atoms with E-state index in [0.717, 1.165) is 7.11 Å². The Morgan fingerprint density at radius 1 is 1.09 bits per heavy atom. The van der Waals surface area contributed by atoms with Gasteiger partial charge in [-0.05, 0) is 23.8 Å². The zero-order valence-corrected chi connectivity index (χ0v) is 12.6. The predicted molar refractivity (Wildman–Crippen MR) is 82.4 cm³/mol. The van der Waals surface area contributed by atoms with Gasteiger partial charge >= 0.3 is 6.03 Å². The molecule has 0 aliphatic rings. The summed E-state index contributed by atoms with van der Waals surface area (Å²) in [6.07, 6.45) is 0. The third-order valence-corrected chi connectivity index (χ3v) is 4.29. The molecule has 0 bridgehead atoms. The van der Waals surface area contributed by atoms with Crippen LogP contribution in [0.15, 0.2) is 53.4 Å². The number of amides is 2. The number of nitrogens with two attached hydrogens (primary N) is 1. The molecule has 2 amide bonds. The van der Waals surface area contributed by atoms with Crippen LogP contribution >= 0.6 is 0 Å². The molecule has 0 unspecified atom stereocenters. The van der Waals surface area contributed by atoms with Gasteiger partial charge in [0.05, 0.1) is 7.11 Å². The summed E-state index contributed by atoms with van der Waals surface area (Å²) in [5.74, 6) is 4.98. The lowest BCUT2D eigenvalue weighted by atomic mass is 10.1. The maximum atomic E-state index is 11.9. The minimum Gasteiger partial charge on any atom is -0.307 e. The van der Waals surface area contributed by atoms with Gasteiger partial charge in [0.15, 0.2) is 0 Å². The van der Waals surface area contributed by atoms with Crippen molar-refractivity contribution in [1.82, 2.24) is 5.43 Å².